The second-order valence-electron chi connectivity index (χ2n) is 4.71. The minimum atomic E-state index is -0.478. The zero-order valence-corrected chi connectivity index (χ0v) is 12.8. The molecule has 0 unspecified atom stereocenters. The van der Waals surface area contributed by atoms with Crippen molar-refractivity contribution in [1.82, 2.24) is 9.96 Å². The molecule has 114 valence electrons. The summed E-state index contributed by atoms with van der Waals surface area (Å²) in [6.45, 7) is 1.64. The topological polar surface area (TPSA) is 75.9 Å². The zero-order chi connectivity index (χ0) is 16.2. The molecule has 0 aromatic heterocycles. The van der Waals surface area contributed by atoms with Gasteiger partial charge in [-0.05, 0) is 25.3 Å². The molecule has 0 fully saturated rings. The third-order valence-corrected chi connectivity index (χ3v) is 2.93. The molecule has 1 aromatic carbocycles. The van der Waals surface area contributed by atoms with E-state index in [4.69, 9.17) is 4.84 Å². The maximum atomic E-state index is 12.3. The van der Waals surface area contributed by atoms with Crippen LogP contribution in [0.4, 0.5) is 5.69 Å². The molecule has 0 aliphatic heterocycles. The molecule has 0 aliphatic carbocycles. The summed E-state index contributed by atoms with van der Waals surface area (Å²) < 4.78 is 0. The highest BCUT2D eigenvalue weighted by molar-refractivity contribution is 5.98. The van der Waals surface area contributed by atoms with Crippen molar-refractivity contribution in [2.45, 2.75) is 6.92 Å². The number of nitro benzene ring substituents is 1. The second kappa shape index (κ2) is 6.85. The summed E-state index contributed by atoms with van der Waals surface area (Å²) in [6.07, 6.45) is 3.22. The van der Waals surface area contributed by atoms with Crippen LogP contribution in [-0.4, -0.2) is 49.0 Å². The summed E-state index contributed by atoms with van der Waals surface area (Å²) in [5.41, 5.74) is 0.899. The predicted molar refractivity (Wildman–Crippen MR) is 79.7 cm³/mol. The third-order valence-electron chi connectivity index (χ3n) is 2.93. The number of carbonyl (C=O) groups excluding carboxylic acids is 1. The summed E-state index contributed by atoms with van der Waals surface area (Å²) in [4.78, 5) is 29.7. The molecule has 0 saturated carbocycles. The number of rotatable bonds is 5. The smallest absolute Gasteiger partial charge is 0.280 e. The molecule has 0 heterocycles. The van der Waals surface area contributed by atoms with Gasteiger partial charge in [-0.1, -0.05) is 6.07 Å². The van der Waals surface area contributed by atoms with Gasteiger partial charge in [0.15, 0.2) is 0 Å². The van der Waals surface area contributed by atoms with Gasteiger partial charge in [0.25, 0.3) is 11.6 Å². The Hall–Kier alpha value is -2.41. The number of nitrogens with zero attached hydrogens (tertiary/aromatic N) is 3. The highest BCUT2D eigenvalue weighted by Gasteiger charge is 2.24. The summed E-state index contributed by atoms with van der Waals surface area (Å²) in [7, 11) is 6.39. The van der Waals surface area contributed by atoms with Gasteiger partial charge < -0.3 is 4.90 Å². The van der Waals surface area contributed by atoms with E-state index in [-0.39, 0.29) is 16.8 Å². The zero-order valence-electron chi connectivity index (χ0n) is 12.8. The number of hydrogen-bond donors (Lipinski definition) is 0. The van der Waals surface area contributed by atoms with E-state index >= 15 is 0 Å². The van der Waals surface area contributed by atoms with Gasteiger partial charge in [-0.15, -0.1) is 0 Å². The number of hydrogen-bond acceptors (Lipinski definition) is 5. The lowest BCUT2D eigenvalue weighted by Crippen LogP contribution is -2.26. The van der Waals surface area contributed by atoms with Crippen molar-refractivity contribution in [2.24, 2.45) is 0 Å². The highest BCUT2D eigenvalue weighted by Crippen LogP contribution is 2.29. The molecule has 0 spiro atoms. The van der Waals surface area contributed by atoms with Gasteiger partial charge in [0, 0.05) is 26.7 Å². The molecule has 1 aromatic rings. The van der Waals surface area contributed by atoms with Crippen LogP contribution in [0.2, 0.25) is 0 Å². The van der Waals surface area contributed by atoms with Gasteiger partial charge in [-0.25, -0.2) is 5.06 Å². The first-order chi connectivity index (χ1) is 9.79. The fourth-order valence-electron chi connectivity index (χ4n) is 1.79. The first-order valence-electron chi connectivity index (χ1n) is 6.24. The lowest BCUT2D eigenvalue weighted by atomic mass is 10.0. The number of nitro groups is 1. The highest BCUT2D eigenvalue weighted by atomic mass is 16.7. The molecule has 0 bridgehead atoms. The van der Waals surface area contributed by atoms with Crippen molar-refractivity contribution in [3.05, 3.63) is 45.1 Å². The molecule has 7 heteroatoms. The maximum Gasteiger partial charge on any atom is 0.280 e. The van der Waals surface area contributed by atoms with Crippen LogP contribution < -0.4 is 0 Å². The molecular weight excluding hydrogens is 274 g/mol. The minimum Gasteiger partial charge on any atom is -0.383 e. The van der Waals surface area contributed by atoms with Crippen LogP contribution in [0, 0.1) is 17.0 Å². The Morgan fingerprint density at radius 2 is 1.95 bits per heavy atom. The number of carbonyl (C=O) groups is 1. The molecule has 0 saturated heterocycles. The van der Waals surface area contributed by atoms with E-state index in [0.29, 0.717) is 5.56 Å². The molecular formula is C14H19N3O4. The summed E-state index contributed by atoms with van der Waals surface area (Å²) in [6, 6.07) is 3.12. The second-order valence-corrected chi connectivity index (χ2v) is 4.71. The van der Waals surface area contributed by atoms with Crippen molar-refractivity contribution in [1.29, 1.82) is 0 Å². The molecule has 1 rings (SSSR count). The molecule has 1 amide bonds. The normalized spacial score (nSPS) is 10.7. The summed E-state index contributed by atoms with van der Waals surface area (Å²) >= 11 is 0. The van der Waals surface area contributed by atoms with Crippen LogP contribution in [-0.2, 0) is 4.84 Å². The van der Waals surface area contributed by atoms with Gasteiger partial charge >= 0.3 is 0 Å². The Morgan fingerprint density at radius 3 is 2.43 bits per heavy atom. The van der Waals surface area contributed by atoms with Gasteiger partial charge in [-0.2, -0.15) is 0 Å². The van der Waals surface area contributed by atoms with Crippen LogP contribution in [0.3, 0.4) is 0 Å². The van der Waals surface area contributed by atoms with E-state index in [1.165, 1.54) is 14.2 Å². The standard InChI is InChI=1S/C14H19N3O4/c1-10-6-7-12(14(18)16(4)21-5)11(8-9-15(2)3)13(10)17(19)20/h6-9H,1-5H3/b9-8+. The number of amides is 1. The Labute approximate surface area is 123 Å². The van der Waals surface area contributed by atoms with Crippen LogP contribution >= 0.6 is 0 Å². The van der Waals surface area contributed by atoms with Gasteiger partial charge in [-0.3, -0.25) is 19.7 Å². The quantitative estimate of drug-likeness (QED) is 0.613. The van der Waals surface area contributed by atoms with E-state index in [0.717, 1.165) is 5.06 Å². The number of benzene rings is 1. The van der Waals surface area contributed by atoms with E-state index in [9.17, 15) is 14.9 Å². The average molecular weight is 293 g/mol. The van der Waals surface area contributed by atoms with Crippen LogP contribution in [0.1, 0.15) is 21.5 Å². The largest absolute Gasteiger partial charge is 0.383 e. The molecule has 0 N–H and O–H groups in total. The SMILES string of the molecule is CON(C)C(=O)c1ccc(C)c([N+](=O)[O-])c1/C=C/N(C)C. The van der Waals surface area contributed by atoms with Crippen molar-refractivity contribution in [2.75, 3.05) is 28.3 Å². The molecule has 7 nitrogen and oxygen atoms in total. The Kier molecular flexibility index (Phi) is 5.43. The molecule has 21 heavy (non-hydrogen) atoms. The predicted octanol–water partition coefficient (Wildman–Crippen LogP) is 2.07. The number of hydroxylamine groups is 2. The fourth-order valence-corrected chi connectivity index (χ4v) is 1.79. The maximum absolute atomic E-state index is 12.3. The van der Waals surface area contributed by atoms with Crippen molar-refractivity contribution in [3.8, 4) is 0 Å². The van der Waals surface area contributed by atoms with Crippen molar-refractivity contribution in [3.63, 3.8) is 0 Å². The third kappa shape index (κ3) is 3.79. The van der Waals surface area contributed by atoms with Gasteiger partial charge in [0.05, 0.1) is 23.2 Å². The summed E-state index contributed by atoms with van der Waals surface area (Å²) in [5.74, 6) is -0.445. The van der Waals surface area contributed by atoms with E-state index in [1.54, 1.807) is 50.3 Å². The summed E-state index contributed by atoms with van der Waals surface area (Å²) in [5, 5.41) is 12.3. The van der Waals surface area contributed by atoms with E-state index in [1.807, 2.05) is 0 Å². The lowest BCUT2D eigenvalue weighted by molar-refractivity contribution is -0.385. The Morgan fingerprint density at radius 1 is 1.33 bits per heavy atom. The first-order valence-corrected chi connectivity index (χ1v) is 6.24. The van der Waals surface area contributed by atoms with Crippen molar-refractivity contribution < 1.29 is 14.6 Å². The molecule has 0 atom stereocenters. The minimum absolute atomic E-state index is 0.0801. The fraction of sp³-hybridized carbons (Fsp3) is 0.357. The molecule has 0 aliphatic rings. The van der Waals surface area contributed by atoms with Crippen LogP contribution in [0.25, 0.3) is 6.08 Å². The van der Waals surface area contributed by atoms with Gasteiger partial charge in [0.2, 0.25) is 0 Å². The Bertz CT molecular complexity index is 582. The Balaban J connectivity index is 3.53. The van der Waals surface area contributed by atoms with Crippen LogP contribution in [0.5, 0.6) is 0 Å². The van der Waals surface area contributed by atoms with Crippen LogP contribution in [0.15, 0.2) is 18.3 Å². The average Bonchev–Trinajstić information content (AvgIpc) is 2.42. The number of aryl methyl sites for hydroxylation is 1. The van der Waals surface area contributed by atoms with E-state index in [2.05, 4.69) is 0 Å². The van der Waals surface area contributed by atoms with Crippen molar-refractivity contribution >= 4 is 17.7 Å². The van der Waals surface area contributed by atoms with Gasteiger partial charge in [0.1, 0.15) is 0 Å². The first kappa shape index (κ1) is 16.6. The lowest BCUT2D eigenvalue weighted by Gasteiger charge is -2.16. The van der Waals surface area contributed by atoms with E-state index < -0.39 is 10.8 Å². The molecule has 0 radical (unpaired) electrons. The monoisotopic (exact) mass is 293 g/mol.